The lowest BCUT2D eigenvalue weighted by atomic mass is 9.88. The van der Waals surface area contributed by atoms with Crippen molar-refractivity contribution >= 4 is 5.82 Å². The molecule has 2 unspecified atom stereocenters. The van der Waals surface area contributed by atoms with Gasteiger partial charge < -0.3 is 11.1 Å². The molecule has 4 heteroatoms. The minimum atomic E-state index is -1.19. The number of piperidine rings is 1. The summed E-state index contributed by atoms with van der Waals surface area (Å²) in [6.07, 6.45) is 6.10. The molecule has 0 bridgehead atoms. The van der Waals surface area contributed by atoms with Gasteiger partial charge in [0.05, 0.1) is 0 Å². The molecule has 1 aliphatic rings. The second-order valence-electron chi connectivity index (χ2n) is 5.53. The summed E-state index contributed by atoms with van der Waals surface area (Å²) in [4.78, 5) is 3.93. The fourth-order valence-corrected chi connectivity index (χ4v) is 2.71. The van der Waals surface area contributed by atoms with E-state index in [-0.39, 0.29) is 0 Å². The standard InChI is InChI=1S/C14H22FN3/c1-14(15,10-12-4-2-3-6-17-12)9-11-5-7-18-13(16)8-11/h5,7-8,12,17H,2-4,6,9-10H2,1H3,(H2,16,18). The molecule has 3 N–H and O–H groups in total. The molecule has 1 aromatic rings. The first-order valence-electron chi connectivity index (χ1n) is 6.68. The van der Waals surface area contributed by atoms with Gasteiger partial charge in [0.1, 0.15) is 11.5 Å². The van der Waals surface area contributed by atoms with Crippen molar-refractivity contribution in [3.8, 4) is 0 Å². The minimum Gasteiger partial charge on any atom is -0.384 e. The van der Waals surface area contributed by atoms with Crippen LogP contribution in [0.1, 0.15) is 38.2 Å². The van der Waals surface area contributed by atoms with Crippen LogP contribution in [0.15, 0.2) is 18.3 Å². The molecule has 2 rings (SSSR count). The maximum atomic E-state index is 14.6. The lowest BCUT2D eigenvalue weighted by Crippen LogP contribution is -2.40. The highest BCUT2D eigenvalue weighted by Gasteiger charge is 2.28. The monoisotopic (exact) mass is 251 g/mol. The highest BCUT2D eigenvalue weighted by atomic mass is 19.1. The molecule has 1 fully saturated rings. The topological polar surface area (TPSA) is 50.9 Å². The van der Waals surface area contributed by atoms with Gasteiger partial charge in [-0.05, 0) is 50.4 Å². The first-order chi connectivity index (χ1) is 8.55. The van der Waals surface area contributed by atoms with Crippen molar-refractivity contribution < 1.29 is 4.39 Å². The SMILES string of the molecule is CC(F)(Cc1ccnc(N)c1)CC1CCCCN1. The van der Waals surface area contributed by atoms with E-state index >= 15 is 0 Å². The first-order valence-corrected chi connectivity index (χ1v) is 6.68. The normalized spacial score (nSPS) is 23.6. The van der Waals surface area contributed by atoms with Crippen molar-refractivity contribution in [2.75, 3.05) is 12.3 Å². The van der Waals surface area contributed by atoms with Gasteiger partial charge in [0.25, 0.3) is 0 Å². The molecule has 2 atom stereocenters. The number of anilines is 1. The van der Waals surface area contributed by atoms with Crippen molar-refractivity contribution in [2.45, 2.75) is 50.7 Å². The summed E-state index contributed by atoms with van der Waals surface area (Å²) < 4.78 is 14.6. The van der Waals surface area contributed by atoms with Gasteiger partial charge in [-0.25, -0.2) is 9.37 Å². The molecular formula is C14H22FN3. The van der Waals surface area contributed by atoms with Gasteiger partial charge >= 0.3 is 0 Å². The van der Waals surface area contributed by atoms with E-state index in [1.807, 2.05) is 6.07 Å². The molecule has 1 aromatic heterocycles. The molecule has 1 aliphatic heterocycles. The maximum absolute atomic E-state index is 14.6. The van der Waals surface area contributed by atoms with Crippen LogP contribution in [0.2, 0.25) is 0 Å². The van der Waals surface area contributed by atoms with Crippen LogP contribution in [0.3, 0.4) is 0 Å². The van der Waals surface area contributed by atoms with Gasteiger partial charge in [0.15, 0.2) is 0 Å². The number of hydrogen-bond acceptors (Lipinski definition) is 3. The van der Waals surface area contributed by atoms with Crippen LogP contribution in [0.5, 0.6) is 0 Å². The van der Waals surface area contributed by atoms with Gasteiger partial charge in [-0.2, -0.15) is 0 Å². The summed E-state index contributed by atoms with van der Waals surface area (Å²) in [6.45, 7) is 2.70. The van der Waals surface area contributed by atoms with Gasteiger partial charge in [0, 0.05) is 18.7 Å². The fraction of sp³-hybridized carbons (Fsp3) is 0.643. The quantitative estimate of drug-likeness (QED) is 0.864. The number of nitrogens with one attached hydrogen (secondary N) is 1. The van der Waals surface area contributed by atoms with E-state index < -0.39 is 5.67 Å². The Kier molecular flexibility index (Phi) is 4.17. The summed E-state index contributed by atoms with van der Waals surface area (Å²) in [5.41, 5.74) is 5.34. The Morgan fingerprint density at radius 1 is 1.56 bits per heavy atom. The Balaban J connectivity index is 1.93. The summed E-state index contributed by atoms with van der Waals surface area (Å²) >= 11 is 0. The zero-order valence-electron chi connectivity index (χ0n) is 11.0. The third-order valence-electron chi connectivity index (χ3n) is 3.50. The molecule has 2 heterocycles. The van der Waals surface area contributed by atoms with Gasteiger partial charge in [-0.15, -0.1) is 0 Å². The van der Waals surface area contributed by atoms with E-state index in [1.54, 1.807) is 19.2 Å². The van der Waals surface area contributed by atoms with Crippen molar-refractivity contribution in [2.24, 2.45) is 0 Å². The van der Waals surface area contributed by atoms with E-state index in [2.05, 4.69) is 10.3 Å². The van der Waals surface area contributed by atoms with Crippen LogP contribution in [0.25, 0.3) is 0 Å². The maximum Gasteiger partial charge on any atom is 0.123 e. The second kappa shape index (κ2) is 5.65. The highest BCUT2D eigenvalue weighted by molar-refractivity contribution is 5.32. The van der Waals surface area contributed by atoms with Crippen molar-refractivity contribution in [1.29, 1.82) is 0 Å². The van der Waals surface area contributed by atoms with E-state index in [0.717, 1.165) is 18.5 Å². The first kappa shape index (κ1) is 13.3. The van der Waals surface area contributed by atoms with Crippen molar-refractivity contribution in [3.05, 3.63) is 23.9 Å². The zero-order valence-corrected chi connectivity index (χ0v) is 11.0. The molecule has 1 saturated heterocycles. The molecule has 0 aliphatic carbocycles. The third-order valence-corrected chi connectivity index (χ3v) is 3.50. The molecule has 0 saturated carbocycles. The fourth-order valence-electron chi connectivity index (χ4n) is 2.71. The summed E-state index contributed by atoms with van der Waals surface area (Å²) in [6, 6.07) is 3.90. The summed E-state index contributed by atoms with van der Waals surface area (Å²) in [5, 5.41) is 3.40. The average Bonchev–Trinajstić information content (AvgIpc) is 2.28. The smallest absolute Gasteiger partial charge is 0.123 e. The Morgan fingerprint density at radius 2 is 2.39 bits per heavy atom. The Morgan fingerprint density at radius 3 is 3.06 bits per heavy atom. The average molecular weight is 251 g/mol. The number of alkyl halides is 1. The van der Waals surface area contributed by atoms with Crippen LogP contribution in [0.4, 0.5) is 10.2 Å². The van der Waals surface area contributed by atoms with Crippen LogP contribution >= 0.6 is 0 Å². The number of nitrogen functional groups attached to an aromatic ring is 1. The Hall–Kier alpha value is -1.16. The van der Waals surface area contributed by atoms with E-state index in [1.165, 1.54) is 12.8 Å². The van der Waals surface area contributed by atoms with Crippen molar-refractivity contribution in [3.63, 3.8) is 0 Å². The van der Waals surface area contributed by atoms with Crippen LogP contribution in [0, 0.1) is 0 Å². The zero-order chi connectivity index (χ0) is 13.0. The predicted octanol–water partition coefficient (Wildman–Crippen LogP) is 2.47. The molecule has 3 nitrogen and oxygen atoms in total. The molecule has 0 spiro atoms. The largest absolute Gasteiger partial charge is 0.384 e. The second-order valence-corrected chi connectivity index (χ2v) is 5.53. The number of nitrogens with zero attached hydrogens (tertiary/aromatic N) is 1. The molecule has 0 amide bonds. The third kappa shape index (κ3) is 3.95. The molecular weight excluding hydrogens is 229 g/mol. The van der Waals surface area contributed by atoms with Gasteiger partial charge in [-0.1, -0.05) is 6.42 Å². The summed E-state index contributed by atoms with van der Waals surface area (Å²) in [7, 11) is 0. The lowest BCUT2D eigenvalue weighted by Gasteiger charge is -2.30. The van der Waals surface area contributed by atoms with Crippen LogP contribution in [-0.2, 0) is 6.42 Å². The van der Waals surface area contributed by atoms with E-state index in [9.17, 15) is 4.39 Å². The van der Waals surface area contributed by atoms with Crippen molar-refractivity contribution in [1.82, 2.24) is 10.3 Å². The number of rotatable bonds is 4. The highest BCUT2D eigenvalue weighted by Crippen LogP contribution is 2.26. The minimum absolute atomic E-state index is 0.313. The van der Waals surface area contributed by atoms with Gasteiger partial charge in [0.2, 0.25) is 0 Å². The van der Waals surface area contributed by atoms with E-state index in [0.29, 0.717) is 24.7 Å². The van der Waals surface area contributed by atoms with Crippen LogP contribution < -0.4 is 11.1 Å². The number of aromatic nitrogens is 1. The molecule has 100 valence electrons. The molecule has 18 heavy (non-hydrogen) atoms. The lowest BCUT2D eigenvalue weighted by molar-refractivity contribution is 0.146. The number of nitrogens with two attached hydrogens (primary N) is 1. The Bertz CT molecular complexity index is 386. The number of hydrogen-bond donors (Lipinski definition) is 2. The predicted molar refractivity (Wildman–Crippen MR) is 72.1 cm³/mol. The number of halogens is 1. The summed E-state index contributed by atoms with van der Waals surface area (Å²) in [5.74, 6) is 0.457. The number of pyridine rings is 1. The Labute approximate surface area is 108 Å². The van der Waals surface area contributed by atoms with Crippen LogP contribution in [-0.4, -0.2) is 23.2 Å². The van der Waals surface area contributed by atoms with E-state index in [4.69, 9.17) is 5.73 Å². The van der Waals surface area contributed by atoms with Gasteiger partial charge in [-0.3, -0.25) is 0 Å². The molecule has 0 aromatic carbocycles. The molecule has 0 radical (unpaired) electrons.